The van der Waals surface area contributed by atoms with Crippen molar-refractivity contribution in [2.24, 2.45) is 0 Å². The number of aryl methyl sites for hydroxylation is 3. The molecule has 0 bridgehead atoms. The van der Waals surface area contributed by atoms with E-state index in [0.29, 0.717) is 28.9 Å². The number of carbonyl (C=O) groups is 2. The number of fused-ring (bicyclic) bond motifs is 1. The first kappa shape index (κ1) is 22.9. The maximum atomic E-state index is 13.7. The van der Waals surface area contributed by atoms with Crippen LogP contribution in [0.2, 0.25) is 0 Å². The summed E-state index contributed by atoms with van der Waals surface area (Å²) in [5.41, 5.74) is 2.95. The van der Waals surface area contributed by atoms with Gasteiger partial charge >= 0.3 is 0 Å². The van der Waals surface area contributed by atoms with Crippen LogP contribution in [-0.2, 0) is 17.9 Å². The Morgan fingerprint density at radius 3 is 2.50 bits per heavy atom. The third-order valence-electron chi connectivity index (χ3n) is 5.71. The minimum atomic E-state index is -0.524. The summed E-state index contributed by atoms with van der Waals surface area (Å²) >= 11 is 0. The highest BCUT2D eigenvalue weighted by atomic mass is 19.1. The molecule has 0 saturated carbocycles. The molecule has 0 aliphatic carbocycles. The van der Waals surface area contributed by atoms with Gasteiger partial charge < -0.3 is 10.6 Å². The zero-order valence-corrected chi connectivity index (χ0v) is 19.1. The number of benzene rings is 2. The van der Waals surface area contributed by atoms with E-state index in [1.165, 1.54) is 12.4 Å². The van der Waals surface area contributed by atoms with Crippen LogP contribution in [0.1, 0.15) is 32.7 Å². The van der Waals surface area contributed by atoms with Crippen molar-refractivity contribution in [2.45, 2.75) is 33.9 Å². The van der Waals surface area contributed by atoms with E-state index in [9.17, 15) is 18.8 Å². The van der Waals surface area contributed by atoms with Crippen molar-refractivity contribution in [1.82, 2.24) is 19.5 Å². The van der Waals surface area contributed by atoms with Crippen LogP contribution in [0.25, 0.3) is 5.52 Å². The van der Waals surface area contributed by atoms with Crippen molar-refractivity contribution in [3.8, 4) is 0 Å². The number of carbonyl (C=O) groups excluding carboxylic acids is 2. The molecule has 174 valence electrons. The molecule has 0 radical (unpaired) electrons. The summed E-state index contributed by atoms with van der Waals surface area (Å²) in [7, 11) is 0. The molecular weight excluding hydrogens is 437 g/mol. The van der Waals surface area contributed by atoms with Gasteiger partial charge in [-0.15, -0.1) is 0 Å². The van der Waals surface area contributed by atoms with Crippen molar-refractivity contribution < 1.29 is 14.0 Å². The van der Waals surface area contributed by atoms with Crippen LogP contribution in [0.15, 0.2) is 59.7 Å². The molecule has 0 aliphatic rings. The largest absolute Gasteiger partial charge is 0.348 e. The Morgan fingerprint density at radius 1 is 1.06 bits per heavy atom. The molecule has 4 rings (SSSR count). The number of aromatic nitrogens is 3. The fraction of sp³-hybridized carbons (Fsp3) is 0.200. The zero-order chi connectivity index (χ0) is 24.4. The summed E-state index contributed by atoms with van der Waals surface area (Å²) < 4.78 is 16.3. The maximum absolute atomic E-state index is 13.7. The number of amides is 2. The SMILES string of the molecule is Cc1ccc(NC(=O)Cn2ncn3c(C)c(C(=O)NCc4ccccc4)c(C)c3c2=O)cc1F. The Hall–Kier alpha value is -4.27. The van der Waals surface area contributed by atoms with E-state index in [1.807, 2.05) is 30.3 Å². The van der Waals surface area contributed by atoms with E-state index in [-0.39, 0.29) is 23.7 Å². The van der Waals surface area contributed by atoms with Gasteiger partial charge in [0.2, 0.25) is 5.91 Å². The molecule has 4 aromatic rings. The smallest absolute Gasteiger partial charge is 0.291 e. The molecule has 0 aliphatic heterocycles. The van der Waals surface area contributed by atoms with Gasteiger partial charge in [-0.2, -0.15) is 5.10 Å². The highest BCUT2D eigenvalue weighted by molar-refractivity contribution is 5.99. The van der Waals surface area contributed by atoms with Gasteiger partial charge in [-0.25, -0.2) is 9.07 Å². The van der Waals surface area contributed by atoms with Crippen LogP contribution < -0.4 is 16.2 Å². The average molecular weight is 461 g/mol. The summed E-state index contributed by atoms with van der Waals surface area (Å²) in [6.45, 7) is 5.05. The first-order valence-corrected chi connectivity index (χ1v) is 10.7. The molecule has 8 nitrogen and oxygen atoms in total. The Morgan fingerprint density at radius 2 is 1.79 bits per heavy atom. The van der Waals surface area contributed by atoms with Crippen LogP contribution in [0, 0.1) is 26.6 Å². The minimum Gasteiger partial charge on any atom is -0.348 e. The van der Waals surface area contributed by atoms with E-state index >= 15 is 0 Å². The minimum absolute atomic E-state index is 0.270. The third kappa shape index (κ3) is 4.45. The number of hydrogen-bond donors (Lipinski definition) is 2. The van der Waals surface area contributed by atoms with Gasteiger partial charge in [0.05, 0.1) is 5.56 Å². The molecule has 2 aromatic carbocycles. The van der Waals surface area contributed by atoms with Crippen LogP contribution in [0.3, 0.4) is 0 Å². The third-order valence-corrected chi connectivity index (χ3v) is 5.71. The monoisotopic (exact) mass is 461 g/mol. The molecule has 0 spiro atoms. The molecule has 0 saturated heterocycles. The number of nitrogens with one attached hydrogen (secondary N) is 2. The summed E-state index contributed by atoms with van der Waals surface area (Å²) in [6.07, 6.45) is 1.41. The van der Waals surface area contributed by atoms with Gasteiger partial charge in [-0.1, -0.05) is 36.4 Å². The van der Waals surface area contributed by atoms with E-state index in [4.69, 9.17) is 0 Å². The molecule has 9 heteroatoms. The van der Waals surface area contributed by atoms with Gasteiger partial charge in [-0.3, -0.25) is 18.8 Å². The van der Waals surface area contributed by atoms with Crippen molar-refractivity contribution in [1.29, 1.82) is 0 Å². The van der Waals surface area contributed by atoms with Crippen LogP contribution in [0.4, 0.5) is 10.1 Å². The number of halogens is 1. The highest BCUT2D eigenvalue weighted by Crippen LogP contribution is 2.20. The molecule has 0 fully saturated rings. The number of rotatable bonds is 6. The van der Waals surface area contributed by atoms with Gasteiger partial charge in [0, 0.05) is 17.9 Å². The lowest BCUT2D eigenvalue weighted by atomic mass is 10.1. The molecule has 2 N–H and O–H groups in total. The first-order valence-electron chi connectivity index (χ1n) is 10.7. The van der Waals surface area contributed by atoms with Gasteiger partial charge in [0.1, 0.15) is 24.2 Å². The van der Waals surface area contributed by atoms with Crippen molar-refractivity contribution in [3.05, 3.63) is 99.0 Å². The molecule has 0 unspecified atom stereocenters. The fourth-order valence-electron chi connectivity index (χ4n) is 3.88. The topological polar surface area (TPSA) is 97.5 Å². The molecular formula is C25H24FN5O3. The lowest BCUT2D eigenvalue weighted by molar-refractivity contribution is -0.117. The lowest BCUT2D eigenvalue weighted by Gasteiger charge is -2.08. The zero-order valence-electron chi connectivity index (χ0n) is 19.1. The molecule has 2 heterocycles. The van der Waals surface area contributed by atoms with E-state index in [2.05, 4.69) is 15.7 Å². The second-order valence-corrected chi connectivity index (χ2v) is 8.08. The van der Waals surface area contributed by atoms with Crippen LogP contribution in [0.5, 0.6) is 0 Å². The Balaban J connectivity index is 1.57. The number of hydrogen-bond acceptors (Lipinski definition) is 4. The lowest BCUT2D eigenvalue weighted by Crippen LogP contribution is -2.30. The normalized spacial score (nSPS) is 10.9. The molecule has 2 amide bonds. The van der Waals surface area contributed by atoms with Crippen LogP contribution >= 0.6 is 0 Å². The van der Waals surface area contributed by atoms with E-state index in [1.54, 1.807) is 37.3 Å². The predicted molar refractivity (Wildman–Crippen MR) is 126 cm³/mol. The average Bonchev–Trinajstić information content (AvgIpc) is 3.07. The van der Waals surface area contributed by atoms with Gasteiger partial charge in [0.15, 0.2) is 0 Å². The standard InChI is InChI=1S/C25H24FN5O3/c1-15-9-10-19(11-20(15)26)29-21(32)13-31-25(34)23-16(2)22(17(3)30(23)14-28-31)24(33)27-12-18-7-5-4-6-8-18/h4-11,14H,12-13H2,1-3H3,(H,27,33)(H,29,32). The van der Waals surface area contributed by atoms with Gasteiger partial charge in [-0.05, 0) is 49.6 Å². The summed E-state index contributed by atoms with van der Waals surface area (Å²) in [5, 5.41) is 9.54. The fourth-order valence-corrected chi connectivity index (χ4v) is 3.88. The predicted octanol–water partition coefficient (Wildman–Crippen LogP) is 3.13. The van der Waals surface area contributed by atoms with E-state index < -0.39 is 17.3 Å². The highest BCUT2D eigenvalue weighted by Gasteiger charge is 2.22. The summed E-state index contributed by atoms with van der Waals surface area (Å²) in [4.78, 5) is 38.5. The number of nitrogens with zero attached hydrogens (tertiary/aromatic N) is 3. The molecule has 34 heavy (non-hydrogen) atoms. The second kappa shape index (κ2) is 9.30. The maximum Gasteiger partial charge on any atom is 0.291 e. The molecule has 0 atom stereocenters. The van der Waals surface area contributed by atoms with Crippen molar-refractivity contribution in [3.63, 3.8) is 0 Å². The van der Waals surface area contributed by atoms with Crippen LogP contribution in [-0.4, -0.2) is 26.0 Å². The quantitative estimate of drug-likeness (QED) is 0.461. The Bertz CT molecular complexity index is 1460. The van der Waals surface area contributed by atoms with Crippen molar-refractivity contribution >= 4 is 23.0 Å². The summed E-state index contributed by atoms with van der Waals surface area (Å²) in [6, 6.07) is 13.9. The van der Waals surface area contributed by atoms with E-state index in [0.717, 1.165) is 10.2 Å². The van der Waals surface area contributed by atoms with Crippen molar-refractivity contribution in [2.75, 3.05) is 5.32 Å². The second-order valence-electron chi connectivity index (χ2n) is 8.08. The molecule has 2 aromatic heterocycles. The Labute approximate surface area is 195 Å². The summed E-state index contributed by atoms with van der Waals surface area (Å²) in [5.74, 6) is -1.26. The first-order chi connectivity index (χ1) is 16.3. The van der Waals surface area contributed by atoms with Gasteiger partial charge in [0.25, 0.3) is 11.5 Å². The Kier molecular flexibility index (Phi) is 6.27. The number of anilines is 1.